The summed E-state index contributed by atoms with van der Waals surface area (Å²) in [6.45, 7) is 3.74. The molecule has 0 atom stereocenters. The number of aryl methyl sites for hydroxylation is 2. The number of para-hydroxylation sites is 2. The number of pyridine rings is 1. The molecule has 4 rings (SSSR count). The molecule has 0 saturated carbocycles. The largest absolute Gasteiger partial charge is 0.494 e. The van der Waals surface area contributed by atoms with Crippen LogP contribution in [0.1, 0.15) is 21.6 Å². The second-order valence-corrected chi connectivity index (χ2v) is 6.96. The number of nitrogens with one attached hydrogen (secondary N) is 1. The van der Waals surface area contributed by atoms with E-state index in [1.165, 1.54) is 22.9 Å². The number of hydrogen-bond donors (Lipinski definition) is 1. The molecule has 4 aromatic rings. The van der Waals surface area contributed by atoms with Crippen LogP contribution in [0.25, 0.3) is 16.7 Å². The maximum absolute atomic E-state index is 12.8. The van der Waals surface area contributed by atoms with Crippen molar-refractivity contribution in [2.45, 2.75) is 13.8 Å². The van der Waals surface area contributed by atoms with Crippen molar-refractivity contribution in [1.82, 2.24) is 14.8 Å². The molecule has 1 amide bonds. The van der Waals surface area contributed by atoms with Gasteiger partial charge in [-0.3, -0.25) is 14.9 Å². The molecule has 31 heavy (non-hydrogen) atoms. The molecule has 2 aromatic heterocycles. The number of nitro benzene ring substituents is 1. The first kappa shape index (κ1) is 20.0. The molecular formula is C22H19N5O4. The first-order valence-corrected chi connectivity index (χ1v) is 9.45. The lowest BCUT2D eigenvalue weighted by molar-refractivity contribution is -0.385. The molecule has 156 valence electrons. The number of methoxy groups -OCH3 is 1. The Bertz CT molecular complexity index is 1330. The standard InChI is InChI=1S/C22H19N5O4/c1-13-11-19(23-21-15(13)8-6-10-18(21)31-3)26-20(12-14(2)25-26)24-22(28)16-7-4-5-9-17(16)27(29)30/h4-12H,1-3H3,(H,24,28). The Morgan fingerprint density at radius 1 is 1.13 bits per heavy atom. The average molecular weight is 417 g/mol. The van der Waals surface area contributed by atoms with E-state index in [0.717, 1.165) is 10.9 Å². The zero-order chi connectivity index (χ0) is 22.1. The van der Waals surface area contributed by atoms with Crippen molar-refractivity contribution in [2.24, 2.45) is 0 Å². The Kier molecular flexibility index (Phi) is 5.08. The Morgan fingerprint density at radius 3 is 2.65 bits per heavy atom. The van der Waals surface area contributed by atoms with Crippen LogP contribution in [-0.4, -0.2) is 32.7 Å². The molecule has 9 nitrogen and oxygen atoms in total. The number of nitro groups is 1. The van der Waals surface area contributed by atoms with Crippen LogP contribution in [0.15, 0.2) is 54.6 Å². The number of ether oxygens (including phenoxy) is 1. The average Bonchev–Trinajstić information content (AvgIpc) is 3.13. The van der Waals surface area contributed by atoms with Gasteiger partial charge >= 0.3 is 0 Å². The molecule has 9 heteroatoms. The number of amides is 1. The number of rotatable bonds is 5. The number of nitrogens with zero attached hydrogens (tertiary/aromatic N) is 4. The predicted octanol–water partition coefficient (Wildman–Crippen LogP) is 4.21. The lowest BCUT2D eigenvalue weighted by Gasteiger charge is -2.12. The molecule has 0 unspecified atom stereocenters. The lowest BCUT2D eigenvalue weighted by Crippen LogP contribution is -2.17. The first-order chi connectivity index (χ1) is 14.9. The van der Waals surface area contributed by atoms with Crippen LogP contribution >= 0.6 is 0 Å². The van der Waals surface area contributed by atoms with Crippen LogP contribution in [0.3, 0.4) is 0 Å². The highest BCUT2D eigenvalue weighted by Crippen LogP contribution is 2.29. The van der Waals surface area contributed by atoms with E-state index >= 15 is 0 Å². The Balaban J connectivity index is 1.78. The molecule has 0 radical (unpaired) electrons. The summed E-state index contributed by atoms with van der Waals surface area (Å²) < 4.78 is 6.94. The van der Waals surface area contributed by atoms with Gasteiger partial charge in [-0.25, -0.2) is 4.98 Å². The lowest BCUT2D eigenvalue weighted by atomic mass is 10.1. The fourth-order valence-corrected chi connectivity index (χ4v) is 3.42. The molecule has 1 N–H and O–H groups in total. The van der Waals surface area contributed by atoms with Gasteiger partial charge in [-0.1, -0.05) is 24.3 Å². The molecular weight excluding hydrogens is 398 g/mol. The summed E-state index contributed by atoms with van der Waals surface area (Å²) in [5.74, 6) is 0.850. The second kappa shape index (κ2) is 7.86. The van der Waals surface area contributed by atoms with Gasteiger partial charge in [-0.15, -0.1) is 0 Å². The van der Waals surface area contributed by atoms with E-state index in [1.807, 2.05) is 31.2 Å². The normalized spacial score (nSPS) is 10.8. The van der Waals surface area contributed by atoms with Gasteiger partial charge in [0, 0.05) is 17.5 Å². The van der Waals surface area contributed by atoms with E-state index in [-0.39, 0.29) is 11.3 Å². The highest BCUT2D eigenvalue weighted by atomic mass is 16.6. The molecule has 0 fully saturated rings. The summed E-state index contributed by atoms with van der Waals surface area (Å²) in [7, 11) is 1.58. The SMILES string of the molecule is COc1cccc2c(C)cc(-n3nc(C)cc3NC(=O)c3ccccc3[N+](=O)[O-])nc12. The molecule has 0 saturated heterocycles. The van der Waals surface area contributed by atoms with E-state index in [9.17, 15) is 14.9 Å². The van der Waals surface area contributed by atoms with E-state index in [0.29, 0.717) is 28.6 Å². The number of benzene rings is 2. The minimum absolute atomic E-state index is 0.0396. The molecule has 2 heterocycles. The summed E-state index contributed by atoms with van der Waals surface area (Å²) in [5, 5.41) is 19.4. The fourth-order valence-electron chi connectivity index (χ4n) is 3.42. The number of fused-ring (bicyclic) bond motifs is 1. The maximum atomic E-state index is 12.8. The van der Waals surface area contributed by atoms with E-state index < -0.39 is 10.8 Å². The molecule has 0 bridgehead atoms. The first-order valence-electron chi connectivity index (χ1n) is 9.45. The molecule has 0 aliphatic rings. The zero-order valence-electron chi connectivity index (χ0n) is 17.1. The smallest absolute Gasteiger partial charge is 0.282 e. The fraction of sp³-hybridized carbons (Fsp3) is 0.136. The van der Waals surface area contributed by atoms with Crippen LogP contribution < -0.4 is 10.1 Å². The summed E-state index contributed by atoms with van der Waals surface area (Å²) in [5.41, 5.74) is 1.97. The van der Waals surface area contributed by atoms with Gasteiger partial charge in [0.05, 0.1) is 17.7 Å². The number of aromatic nitrogens is 3. The van der Waals surface area contributed by atoms with Gasteiger partial charge in [0.15, 0.2) is 5.82 Å². The van der Waals surface area contributed by atoms with E-state index in [2.05, 4.69) is 10.4 Å². The zero-order valence-corrected chi connectivity index (χ0v) is 17.1. The molecule has 0 aliphatic carbocycles. The maximum Gasteiger partial charge on any atom is 0.282 e. The van der Waals surface area contributed by atoms with Crippen molar-refractivity contribution in [3.8, 4) is 11.6 Å². The van der Waals surface area contributed by atoms with Crippen molar-refractivity contribution in [1.29, 1.82) is 0 Å². The van der Waals surface area contributed by atoms with Gasteiger partial charge in [-0.05, 0) is 37.6 Å². The molecule has 2 aromatic carbocycles. The quantitative estimate of drug-likeness (QED) is 0.385. The summed E-state index contributed by atoms with van der Waals surface area (Å²) in [4.78, 5) is 28.2. The van der Waals surface area contributed by atoms with Crippen molar-refractivity contribution in [3.05, 3.63) is 81.5 Å². The molecule has 0 spiro atoms. The van der Waals surface area contributed by atoms with Gasteiger partial charge in [0.2, 0.25) is 0 Å². The summed E-state index contributed by atoms with van der Waals surface area (Å²) in [6.07, 6.45) is 0. The van der Waals surface area contributed by atoms with Crippen LogP contribution in [-0.2, 0) is 0 Å². The number of carbonyl (C=O) groups excluding carboxylic acids is 1. The highest BCUT2D eigenvalue weighted by molar-refractivity contribution is 6.06. The van der Waals surface area contributed by atoms with Crippen molar-refractivity contribution < 1.29 is 14.5 Å². The van der Waals surface area contributed by atoms with Crippen LogP contribution in [0.4, 0.5) is 11.5 Å². The van der Waals surface area contributed by atoms with Crippen LogP contribution in [0.5, 0.6) is 5.75 Å². The van der Waals surface area contributed by atoms with Gasteiger partial charge in [-0.2, -0.15) is 9.78 Å². The van der Waals surface area contributed by atoms with E-state index in [1.54, 1.807) is 26.2 Å². The second-order valence-electron chi connectivity index (χ2n) is 6.96. The number of anilines is 1. The van der Waals surface area contributed by atoms with Crippen molar-refractivity contribution in [2.75, 3.05) is 12.4 Å². The summed E-state index contributed by atoms with van der Waals surface area (Å²) >= 11 is 0. The number of hydrogen-bond acceptors (Lipinski definition) is 6. The van der Waals surface area contributed by atoms with Gasteiger partial charge < -0.3 is 10.1 Å². The highest BCUT2D eigenvalue weighted by Gasteiger charge is 2.21. The van der Waals surface area contributed by atoms with E-state index in [4.69, 9.17) is 9.72 Å². The summed E-state index contributed by atoms with van der Waals surface area (Å²) in [6, 6.07) is 15.0. The van der Waals surface area contributed by atoms with Crippen molar-refractivity contribution in [3.63, 3.8) is 0 Å². The monoisotopic (exact) mass is 417 g/mol. The third-order valence-electron chi connectivity index (χ3n) is 4.85. The predicted molar refractivity (Wildman–Crippen MR) is 116 cm³/mol. The molecule has 0 aliphatic heterocycles. The minimum Gasteiger partial charge on any atom is -0.494 e. The third-order valence-corrected chi connectivity index (χ3v) is 4.85. The van der Waals surface area contributed by atoms with Gasteiger partial charge in [0.25, 0.3) is 11.6 Å². The van der Waals surface area contributed by atoms with Crippen LogP contribution in [0.2, 0.25) is 0 Å². The Hall–Kier alpha value is -4.27. The minimum atomic E-state index is -0.608. The Morgan fingerprint density at radius 2 is 1.90 bits per heavy atom. The number of carbonyl (C=O) groups is 1. The topological polar surface area (TPSA) is 112 Å². The third kappa shape index (κ3) is 3.68. The Labute approximate surface area is 177 Å². The van der Waals surface area contributed by atoms with Crippen LogP contribution in [0, 0.1) is 24.0 Å². The van der Waals surface area contributed by atoms with Gasteiger partial charge in [0.1, 0.15) is 22.6 Å². The van der Waals surface area contributed by atoms with Crippen molar-refractivity contribution >= 4 is 28.3 Å².